The number of nitrogens with zero attached hydrogens (tertiary/aromatic N) is 2. The molecule has 4 rings (SSSR count). The molecule has 1 saturated heterocycles. The fourth-order valence-electron chi connectivity index (χ4n) is 6.75. The first kappa shape index (κ1) is 33.6. The van der Waals surface area contributed by atoms with Crippen molar-refractivity contribution in [3.05, 3.63) is 10.1 Å². The predicted molar refractivity (Wildman–Crippen MR) is 155 cm³/mol. The number of methoxy groups -OCH3 is 1. The zero-order valence-electron chi connectivity index (χ0n) is 25.6. The second-order valence-electron chi connectivity index (χ2n) is 12.9. The summed E-state index contributed by atoms with van der Waals surface area (Å²) in [5.41, 5.74) is 7.01. The lowest BCUT2D eigenvalue weighted by molar-refractivity contribution is -0.525. The van der Waals surface area contributed by atoms with Crippen LogP contribution in [0.4, 0.5) is 0 Å². The Labute approximate surface area is 247 Å². The van der Waals surface area contributed by atoms with Gasteiger partial charge in [-0.25, -0.2) is 15.1 Å². The molecule has 3 aliphatic carbocycles. The van der Waals surface area contributed by atoms with Gasteiger partial charge in [0.2, 0.25) is 11.8 Å². The van der Waals surface area contributed by atoms with Gasteiger partial charge in [-0.05, 0) is 68.6 Å². The molecule has 0 unspecified atom stereocenters. The van der Waals surface area contributed by atoms with E-state index in [1.54, 1.807) is 5.43 Å². The maximum absolute atomic E-state index is 13.6. The minimum absolute atomic E-state index is 0.0350. The zero-order chi connectivity index (χ0) is 31.2. The highest BCUT2D eigenvalue weighted by Gasteiger charge is 2.68. The molecule has 0 aromatic heterocycles. The molecular formula is C27H47BN6O8. The Kier molecular flexibility index (Phi) is 11.2. The van der Waals surface area contributed by atoms with E-state index in [4.69, 9.17) is 15.0 Å². The first-order valence-corrected chi connectivity index (χ1v) is 14.9. The second kappa shape index (κ2) is 14.0. The smallest absolute Gasteiger partial charge is 0.469 e. The standard InChI is InChI=1S/C27H47BN6O8/c1-16(2)13-21(28-41-20-15-17-14-19(26(17,3)4)27(20,5)42-28)32-24(37)18(9-8-12-30-25(29)33-34(38)39)31-22(35)10-7-11-23(36)40-6/h16-21H,7-15H2,1-6H3,(H,31,35)(H,32,37)(H3,29,30,33)/t17-,18+,19-,20-,21+,27+/m1/s1. The van der Waals surface area contributed by atoms with Crippen LogP contribution in [-0.4, -0.2) is 73.2 Å². The number of nitro groups is 1. The topological polar surface area (TPSA) is 197 Å². The number of hydrogen-bond acceptors (Lipinski definition) is 9. The molecule has 1 heterocycles. The number of esters is 1. The van der Waals surface area contributed by atoms with Gasteiger partial charge in [0.25, 0.3) is 5.96 Å². The Hall–Kier alpha value is -2.94. The molecule has 5 N–H and O–H groups in total. The predicted octanol–water partition coefficient (Wildman–Crippen LogP) is 1.49. The summed E-state index contributed by atoms with van der Waals surface area (Å²) in [4.78, 5) is 52.2. The van der Waals surface area contributed by atoms with Crippen molar-refractivity contribution in [1.29, 1.82) is 0 Å². The van der Waals surface area contributed by atoms with Crippen molar-refractivity contribution in [2.24, 2.45) is 33.9 Å². The number of carbonyl (C=O) groups excluding carboxylic acids is 3. The van der Waals surface area contributed by atoms with Crippen molar-refractivity contribution in [2.45, 2.75) is 110 Å². The first-order chi connectivity index (χ1) is 19.7. The number of nitrogens with one attached hydrogen (secondary N) is 3. The van der Waals surface area contributed by atoms with E-state index in [1.165, 1.54) is 7.11 Å². The second-order valence-corrected chi connectivity index (χ2v) is 12.9. The van der Waals surface area contributed by atoms with Gasteiger partial charge in [0.05, 0.1) is 24.8 Å². The number of nitrogens with two attached hydrogens (primary N) is 1. The van der Waals surface area contributed by atoms with Gasteiger partial charge in [-0.2, -0.15) is 0 Å². The van der Waals surface area contributed by atoms with Gasteiger partial charge in [-0.15, -0.1) is 0 Å². The largest absolute Gasteiger partial charge is 0.481 e. The minimum atomic E-state index is -0.906. The van der Waals surface area contributed by atoms with Gasteiger partial charge in [0, 0.05) is 19.4 Å². The monoisotopic (exact) mass is 594 g/mol. The fourth-order valence-corrected chi connectivity index (χ4v) is 6.75. The molecule has 14 nitrogen and oxygen atoms in total. The van der Waals surface area contributed by atoms with Crippen LogP contribution in [0.15, 0.2) is 4.99 Å². The number of hydrazine groups is 1. The number of rotatable bonds is 15. The Morgan fingerprint density at radius 1 is 1.17 bits per heavy atom. The molecule has 0 aromatic carbocycles. The molecule has 1 aliphatic heterocycles. The highest BCUT2D eigenvalue weighted by molar-refractivity contribution is 6.48. The Bertz CT molecular complexity index is 1040. The fraction of sp³-hybridized carbons (Fsp3) is 0.852. The maximum Gasteiger partial charge on any atom is 0.481 e. The average molecular weight is 595 g/mol. The van der Waals surface area contributed by atoms with Crippen molar-refractivity contribution in [3.8, 4) is 0 Å². The van der Waals surface area contributed by atoms with Crippen LogP contribution in [-0.2, 0) is 28.4 Å². The van der Waals surface area contributed by atoms with Gasteiger partial charge in [-0.1, -0.05) is 33.1 Å². The Morgan fingerprint density at radius 3 is 2.50 bits per heavy atom. The van der Waals surface area contributed by atoms with Crippen LogP contribution in [0.3, 0.4) is 0 Å². The van der Waals surface area contributed by atoms with Gasteiger partial charge in [0.1, 0.15) is 6.04 Å². The average Bonchev–Trinajstić information content (AvgIpc) is 3.26. The molecular weight excluding hydrogens is 547 g/mol. The van der Waals surface area contributed by atoms with Crippen LogP contribution >= 0.6 is 0 Å². The van der Waals surface area contributed by atoms with E-state index in [0.29, 0.717) is 24.7 Å². The zero-order valence-corrected chi connectivity index (χ0v) is 25.6. The van der Waals surface area contributed by atoms with E-state index in [0.717, 1.165) is 12.8 Å². The van der Waals surface area contributed by atoms with Crippen molar-refractivity contribution < 1.29 is 33.5 Å². The molecule has 236 valence electrons. The Balaban J connectivity index is 1.68. The summed E-state index contributed by atoms with van der Waals surface area (Å²) >= 11 is 0. The van der Waals surface area contributed by atoms with Crippen LogP contribution < -0.4 is 21.8 Å². The molecule has 4 aliphatic rings. The normalized spacial score (nSPS) is 27.4. The molecule has 0 aromatic rings. The van der Waals surface area contributed by atoms with Crippen LogP contribution in [0.1, 0.15) is 86.0 Å². The summed E-state index contributed by atoms with van der Waals surface area (Å²) in [6.45, 7) is 10.9. The summed E-state index contributed by atoms with van der Waals surface area (Å²) in [6, 6.07) is -0.906. The van der Waals surface area contributed by atoms with E-state index in [1.807, 2.05) is 0 Å². The van der Waals surface area contributed by atoms with Gasteiger partial charge in [0.15, 0.2) is 5.03 Å². The molecule has 4 fully saturated rings. The van der Waals surface area contributed by atoms with Crippen LogP contribution in [0, 0.1) is 33.3 Å². The molecule has 0 radical (unpaired) electrons. The van der Waals surface area contributed by atoms with E-state index < -0.39 is 35.7 Å². The number of guanidine groups is 1. The summed E-state index contributed by atoms with van der Waals surface area (Å²) in [5, 5.41) is 15.6. The first-order valence-electron chi connectivity index (χ1n) is 14.9. The van der Waals surface area contributed by atoms with Gasteiger partial charge < -0.3 is 30.4 Å². The van der Waals surface area contributed by atoms with E-state index >= 15 is 0 Å². The lowest BCUT2D eigenvalue weighted by Crippen LogP contribution is -2.65. The van der Waals surface area contributed by atoms with Crippen molar-refractivity contribution in [1.82, 2.24) is 16.1 Å². The summed E-state index contributed by atoms with van der Waals surface area (Å²) in [6.07, 6.45) is 3.56. The number of amides is 2. The van der Waals surface area contributed by atoms with Crippen LogP contribution in [0.5, 0.6) is 0 Å². The summed E-state index contributed by atoms with van der Waals surface area (Å²) < 4.78 is 17.7. The maximum atomic E-state index is 13.6. The number of carbonyl (C=O) groups is 3. The number of ether oxygens (including phenoxy) is 1. The van der Waals surface area contributed by atoms with E-state index in [2.05, 4.69) is 55.0 Å². The third kappa shape index (κ3) is 8.12. The number of aliphatic imine (C=N–C) groups is 1. The van der Waals surface area contributed by atoms with Gasteiger partial charge in [-0.3, -0.25) is 14.4 Å². The van der Waals surface area contributed by atoms with E-state index in [-0.39, 0.29) is 67.4 Å². The lowest BCUT2D eigenvalue weighted by Gasteiger charge is -2.64. The highest BCUT2D eigenvalue weighted by atomic mass is 16.7. The molecule has 0 spiro atoms. The molecule has 42 heavy (non-hydrogen) atoms. The van der Waals surface area contributed by atoms with E-state index in [9.17, 15) is 24.5 Å². The number of hydrogen-bond donors (Lipinski definition) is 4. The van der Waals surface area contributed by atoms with Gasteiger partial charge >= 0.3 is 13.1 Å². The SMILES string of the molecule is COC(=O)CCCC(=O)N[C@@H](CCCN=C(N)N[N+](=O)[O-])C(=O)N[C@@H](CC(C)C)B1O[C@@H]2C[C@H]3C[C@H](C3(C)C)[C@]2(C)O1. The third-order valence-corrected chi connectivity index (χ3v) is 9.15. The molecule has 2 bridgehead atoms. The van der Waals surface area contributed by atoms with Crippen molar-refractivity contribution in [2.75, 3.05) is 13.7 Å². The lowest BCUT2D eigenvalue weighted by atomic mass is 9.43. The molecule has 6 atom stereocenters. The Morgan fingerprint density at radius 2 is 1.88 bits per heavy atom. The van der Waals surface area contributed by atoms with Crippen LogP contribution in [0.25, 0.3) is 0 Å². The molecule has 2 amide bonds. The highest BCUT2D eigenvalue weighted by Crippen LogP contribution is 2.65. The van der Waals surface area contributed by atoms with Crippen molar-refractivity contribution >= 4 is 30.9 Å². The van der Waals surface area contributed by atoms with Crippen molar-refractivity contribution in [3.63, 3.8) is 0 Å². The quantitative estimate of drug-likeness (QED) is 0.0410. The molecule has 3 saturated carbocycles. The molecule has 15 heteroatoms. The summed E-state index contributed by atoms with van der Waals surface area (Å²) in [5.74, 6) is -0.764. The minimum Gasteiger partial charge on any atom is -0.469 e. The third-order valence-electron chi connectivity index (χ3n) is 9.15. The summed E-state index contributed by atoms with van der Waals surface area (Å²) in [7, 11) is 0.666. The van der Waals surface area contributed by atoms with Crippen LogP contribution in [0.2, 0.25) is 0 Å².